The maximum Gasteiger partial charge on any atom is 0.0327 e. The monoisotopic (exact) mass is 294 g/mol. The van der Waals surface area contributed by atoms with Crippen molar-refractivity contribution >= 4 is 11.3 Å². The highest BCUT2D eigenvalue weighted by Crippen LogP contribution is 2.37. The molecule has 2 nitrogen and oxygen atoms in total. The van der Waals surface area contributed by atoms with Crippen molar-refractivity contribution in [2.24, 2.45) is 5.41 Å². The molecule has 1 aromatic heterocycles. The fourth-order valence-corrected chi connectivity index (χ4v) is 4.10. The van der Waals surface area contributed by atoms with Crippen LogP contribution in [0, 0.1) is 5.41 Å². The highest BCUT2D eigenvalue weighted by molar-refractivity contribution is 7.11. The highest BCUT2D eigenvalue weighted by Gasteiger charge is 2.28. The van der Waals surface area contributed by atoms with Crippen LogP contribution in [-0.4, -0.2) is 24.5 Å². The van der Waals surface area contributed by atoms with E-state index in [0.29, 0.717) is 5.41 Å². The van der Waals surface area contributed by atoms with Gasteiger partial charge in [0.05, 0.1) is 0 Å². The predicted octanol–water partition coefficient (Wildman–Crippen LogP) is 4.26. The number of thiophene rings is 1. The summed E-state index contributed by atoms with van der Waals surface area (Å²) in [5.74, 6) is 0. The van der Waals surface area contributed by atoms with E-state index in [1.807, 2.05) is 11.3 Å². The first-order valence-corrected chi connectivity index (χ1v) is 8.80. The van der Waals surface area contributed by atoms with E-state index in [1.54, 1.807) is 0 Å². The average molecular weight is 295 g/mol. The largest absolute Gasteiger partial charge is 0.312 e. The fourth-order valence-electron chi connectivity index (χ4n) is 3.05. The molecule has 3 heteroatoms. The van der Waals surface area contributed by atoms with Gasteiger partial charge < -0.3 is 5.32 Å². The predicted molar refractivity (Wildman–Crippen MR) is 89.2 cm³/mol. The van der Waals surface area contributed by atoms with Crippen molar-refractivity contribution < 1.29 is 0 Å². The van der Waals surface area contributed by atoms with Gasteiger partial charge in [0.1, 0.15) is 0 Å². The zero-order valence-corrected chi connectivity index (χ0v) is 14.4. The van der Waals surface area contributed by atoms with Crippen LogP contribution >= 0.6 is 11.3 Å². The van der Waals surface area contributed by atoms with Gasteiger partial charge >= 0.3 is 0 Å². The van der Waals surface area contributed by atoms with Crippen LogP contribution in [0.4, 0.5) is 0 Å². The molecule has 0 unspecified atom stereocenters. The number of rotatable bonds is 6. The first-order valence-electron chi connectivity index (χ1n) is 7.99. The summed E-state index contributed by atoms with van der Waals surface area (Å²) in [6.07, 6.45) is 5.47. The molecule has 1 aliphatic rings. The van der Waals surface area contributed by atoms with Gasteiger partial charge in [-0.15, -0.1) is 11.3 Å². The van der Waals surface area contributed by atoms with Crippen LogP contribution in [0.1, 0.15) is 56.2 Å². The normalized spacial score (nSPS) is 19.6. The Morgan fingerprint density at radius 1 is 1.25 bits per heavy atom. The molecule has 20 heavy (non-hydrogen) atoms. The molecule has 0 amide bonds. The summed E-state index contributed by atoms with van der Waals surface area (Å²) in [5.41, 5.74) is 0.569. The van der Waals surface area contributed by atoms with Gasteiger partial charge in [-0.3, -0.25) is 4.90 Å². The Balaban J connectivity index is 1.82. The van der Waals surface area contributed by atoms with Gasteiger partial charge in [0.2, 0.25) is 0 Å². The van der Waals surface area contributed by atoms with Gasteiger partial charge in [-0.2, -0.15) is 0 Å². The van der Waals surface area contributed by atoms with Gasteiger partial charge in [-0.05, 0) is 56.8 Å². The molecular formula is C17H30N2S. The molecule has 114 valence electrons. The van der Waals surface area contributed by atoms with E-state index in [9.17, 15) is 0 Å². The van der Waals surface area contributed by atoms with Crippen molar-refractivity contribution in [3.63, 3.8) is 0 Å². The molecule has 0 saturated heterocycles. The summed E-state index contributed by atoms with van der Waals surface area (Å²) in [7, 11) is 2.30. The minimum atomic E-state index is 0.569. The van der Waals surface area contributed by atoms with E-state index in [4.69, 9.17) is 0 Å². The fraction of sp³-hybridized carbons (Fsp3) is 0.765. The zero-order valence-electron chi connectivity index (χ0n) is 13.5. The van der Waals surface area contributed by atoms with Crippen LogP contribution in [-0.2, 0) is 13.1 Å². The lowest BCUT2D eigenvalue weighted by Crippen LogP contribution is -2.36. The van der Waals surface area contributed by atoms with Crippen molar-refractivity contribution in [3.05, 3.63) is 21.9 Å². The third-order valence-corrected chi connectivity index (χ3v) is 5.67. The molecule has 0 bridgehead atoms. The van der Waals surface area contributed by atoms with Gasteiger partial charge in [-0.1, -0.05) is 20.8 Å². The Bertz CT molecular complexity index is 401. The Labute approximate surface area is 128 Å². The Kier molecular flexibility index (Phi) is 5.65. The van der Waals surface area contributed by atoms with Crippen molar-refractivity contribution in [1.82, 2.24) is 10.2 Å². The number of nitrogens with one attached hydrogen (secondary N) is 1. The SMILES string of the molecule is CCNCc1ccc(CN(C)C2CCC(C)(C)CC2)s1. The van der Waals surface area contributed by atoms with Crippen molar-refractivity contribution in [2.75, 3.05) is 13.6 Å². The lowest BCUT2D eigenvalue weighted by Gasteiger charge is -2.38. The van der Waals surface area contributed by atoms with Gasteiger partial charge in [0, 0.05) is 28.9 Å². The second-order valence-corrected chi connectivity index (χ2v) is 8.21. The second-order valence-electron chi connectivity index (χ2n) is 6.96. The van der Waals surface area contributed by atoms with Crippen molar-refractivity contribution in [3.8, 4) is 0 Å². The smallest absolute Gasteiger partial charge is 0.0327 e. The van der Waals surface area contributed by atoms with Gasteiger partial charge in [0.15, 0.2) is 0 Å². The molecule has 1 aromatic rings. The van der Waals surface area contributed by atoms with E-state index in [2.05, 4.69) is 50.2 Å². The molecule has 0 aromatic carbocycles. The maximum absolute atomic E-state index is 3.40. The topological polar surface area (TPSA) is 15.3 Å². The zero-order chi connectivity index (χ0) is 14.6. The highest BCUT2D eigenvalue weighted by atomic mass is 32.1. The Morgan fingerprint density at radius 2 is 1.90 bits per heavy atom. The molecule has 1 saturated carbocycles. The second kappa shape index (κ2) is 7.06. The third-order valence-electron chi connectivity index (χ3n) is 4.60. The minimum Gasteiger partial charge on any atom is -0.312 e. The summed E-state index contributed by atoms with van der Waals surface area (Å²) in [6.45, 7) is 10.2. The molecule has 1 N–H and O–H groups in total. The van der Waals surface area contributed by atoms with Crippen LogP contribution in [0.25, 0.3) is 0 Å². The molecule has 1 heterocycles. The van der Waals surface area contributed by atoms with E-state index in [-0.39, 0.29) is 0 Å². The van der Waals surface area contributed by atoms with Crippen LogP contribution < -0.4 is 5.32 Å². The summed E-state index contributed by atoms with van der Waals surface area (Å²) in [4.78, 5) is 5.53. The summed E-state index contributed by atoms with van der Waals surface area (Å²) < 4.78 is 0. The van der Waals surface area contributed by atoms with Crippen molar-refractivity contribution in [1.29, 1.82) is 0 Å². The molecule has 0 spiro atoms. The summed E-state index contributed by atoms with van der Waals surface area (Å²) in [6, 6.07) is 5.36. The van der Waals surface area contributed by atoms with Crippen molar-refractivity contribution in [2.45, 2.75) is 65.6 Å². The van der Waals surface area contributed by atoms with Gasteiger partial charge in [-0.25, -0.2) is 0 Å². The summed E-state index contributed by atoms with van der Waals surface area (Å²) in [5, 5.41) is 3.40. The van der Waals surface area contributed by atoms with Crippen LogP contribution in [0.15, 0.2) is 12.1 Å². The molecule has 1 fully saturated rings. The first-order chi connectivity index (χ1) is 9.50. The van der Waals surface area contributed by atoms with Gasteiger partial charge in [0.25, 0.3) is 0 Å². The lowest BCUT2D eigenvalue weighted by molar-refractivity contribution is 0.124. The summed E-state index contributed by atoms with van der Waals surface area (Å²) >= 11 is 1.96. The number of hydrogen-bond acceptors (Lipinski definition) is 3. The Hall–Kier alpha value is -0.380. The first kappa shape index (κ1) is 16.0. The molecule has 0 radical (unpaired) electrons. The minimum absolute atomic E-state index is 0.569. The van der Waals surface area contributed by atoms with E-state index >= 15 is 0 Å². The molecule has 0 aliphatic heterocycles. The van der Waals surface area contributed by atoms with E-state index in [1.165, 1.54) is 35.4 Å². The van der Waals surface area contributed by atoms with E-state index in [0.717, 1.165) is 25.7 Å². The number of hydrogen-bond donors (Lipinski definition) is 1. The van der Waals surface area contributed by atoms with Crippen LogP contribution in [0.2, 0.25) is 0 Å². The number of nitrogens with zero attached hydrogens (tertiary/aromatic N) is 1. The molecule has 2 rings (SSSR count). The van der Waals surface area contributed by atoms with Crippen LogP contribution in [0.5, 0.6) is 0 Å². The standard InChI is InChI=1S/C17H30N2S/c1-5-18-12-15-6-7-16(20-15)13-19(4)14-8-10-17(2,3)11-9-14/h6-7,14,18H,5,8-13H2,1-4H3. The quantitative estimate of drug-likeness (QED) is 0.843. The van der Waals surface area contributed by atoms with Crippen LogP contribution in [0.3, 0.4) is 0 Å². The van der Waals surface area contributed by atoms with E-state index < -0.39 is 0 Å². The Morgan fingerprint density at radius 3 is 2.55 bits per heavy atom. The molecule has 1 aliphatic carbocycles. The molecular weight excluding hydrogens is 264 g/mol. The lowest BCUT2D eigenvalue weighted by atomic mass is 9.75. The average Bonchev–Trinajstić information content (AvgIpc) is 2.83. The maximum atomic E-state index is 3.40. The third kappa shape index (κ3) is 4.57. The molecule has 0 atom stereocenters.